The van der Waals surface area contributed by atoms with Crippen LogP contribution in [-0.2, 0) is 6.54 Å². The quantitative estimate of drug-likeness (QED) is 0.911. The molecule has 0 heterocycles. The standard InChI is InChI=1S/C16H18ClNO/c1-12(19)14-8-9-16(15(17)10-14)18(2)11-13-6-4-3-5-7-13/h3-10,12,19H,11H2,1-2H3/t12-/m0/s1. The Balaban J connectivity index is 2.17. The monoisotopic (exact) mass is 275 g/mol. The summed E-state index contributed by atoms with van der Waals surface area (Å²) in [5, 5.41) is 10.2. The fourth-order valence-electron chi connectivity index (χ4n) is 2.04. The number of aliphatic hydroxyl groups excluding tert-OH is 1. The van der Waals surface area contributed by atoms with Crippen LogP contribution in [0.25, 0.3) is 0 Å². The highest BCUT2D eigenvalue weighted by atomic mass is 35.5. The molecular weight excluding hydrogens is 258 g/mol. The molecule has 0 radical (unpaired) electrons. The van der Waals surface area contributed by atoms with Crippen molar-refractivity contribution in [3.05, 3.63) is 64.7 Å². The van der Waals surface area contributed by atoms with E-state index in [2.05, 4.69) is 17.0 Å². The van der Waals surface area contributed by atoms with E-state index in [-0.39, 0.29) is 0 Å². The van der Waals surface area contributed by atoms with E-state index < -0.39 is 6.10 Å². The lowest BCUT2D eigenvalue weighted by molar-refractivity contribution is 0.199. The molecule has 0 aliphatic carbocycles. The van der Waals surface area contributed by atoms with E-state index in [0.717, 1.165) is 17.8 Å². The van der Waals surface area contributed by atoms with Gasteiger partial charge in [0.05, 0.1) is 16.8 Å². The van der Waals surface area contributed by atoms with Gasteiger partial charge in [0, 0.05) is 13.6 Å². The first-order valence-corrected chi connectivity index (χ1v) is 6.68. The van der Waals surface area contributed by atoms with Crippen LogP contribution in [0.4, 0.5) is 5.69 Å². The van der Waals surface area contributed by atoms with Crippen molar-refractivity contribution in [2.75, 3.05) is 11.9 Å². The molecule has 0 aliphatic rings. The van der Waals surface area contributed by atoms with Crippen molar-refractivity contribution in [1.29, 1.82) is 0 Å². The Kier molecular flexibility index (Phi) is 4.46. The molecule has 2 nitrogen and oxygen atoms in total. The molecule has 0 saturated heterocycles. The number of hydrogen-bond acceptors (Lipinski definition) is 2. The lowest BCUT2D eigenvalue weighted by Crippen LogP contribution is -2.16. The van der Waals surface area contributed by atoms with Gasteiger partial charge in [0.2, 0.25) is 0 Å². The molecule has 0 saturated carbocycles. The molecule has 0 aromatic heterocycles. The largest absolute Gasteiger partial charge is 0.389 e. The summed E-state index contributed by atoms with van der Waals surface area (Å²) in [4.78, 5) is 2.10. The van der Waals surface area contributed by atoms with E-state index in [9.17, 15) is 5.11 Å². The highest BCUT2D eigenvalue weighted by molar-refractivity contribution is 6.33. The average molecular weight is 276 g/mol. The summed E-state index contributed by atoms with van der Waals surface area (Å²) in [5.41, 5.74) is 3.04. The minimum absolute atomic E-state index is 0.494. The summed E-state index contributed by atoms with van der Waals surface area (Å²) >= 11 is 6.28. The third-order valence-corrected chi connectivity index (χ3v) is 3.43. The maximum atomic E-state index is 9.54. The fraction of sp³-hybridized carbons (Fsp3) is 0.250. The third kappa shape index (κ3) is 3.49. The molecule has 2 aromatic carbocycles. The molecule has 2 rings (SSSR count). The molecule has 0 aliphatic heterocycles. The molecule has 0 unspecified atom stereocenters. The third-order valence-electron chi connectivity index (χ3n) is 3.13. The number of halogens is 1. The Labute approximate surface area is 119 Å². The molecule has 19 heavy (non-hydrogen) atoms. The Morgan fingerprint density at radius 3 is 2.42 bits per heavy atom. The molecule has 0 spiro atoms. The van der Waals surface area contributed by atoms with E-state index in [0.29, 0.717) is 5.02 Å². The molecule has 100 valence electrons. The van der Waals surface area contributed by atoms with Gasteiger partial charge < -0.3 is 10.0 Å². The van der Waals surface area contributed by atoms with Crippen molar-refractivity contribution in [3.63, 3.8) is 0 Å². The van der Waals surface area contributed by atoms with Gasteiger partial charge in [0.15, 0.2) is 0 Å². The van der Waals surface area contributed by atoms with Crippen LogP contribution in [0.2, 0.25) is 5.02 Å². The first kappa shape index (κ1) is 13.9. The van der Waals surface area contributed by atoms with E-state index in [1.807, 2.05) is 43.4 Å². The lowest BCUT2D eigenvalue weighted by atomic mass is 10.1. The summed E-state index contributed by atoms with van der Waals surface area (Å²) in [6.45, 7) is 2.54. The smallest absolute Gasteiger partial charge is 0.0762 e. The van der Waals surface area contributed by atoms with Crippen molar-refractivity contribution < 1.29 is 5.11 Å². The highest BCUT2D eigenvalue weighted by Gasteiger charge is 2.09. The summed E-state index contributed by atoms with van der Waals surface area (Å²) in [6.07, 6.45) is -0.494. The number of anilines is 1. The second-order valence-electron chi connectivity index (χ2n) is 4.73. The average Bonchev–Trinajstić information content (AvgIpc) is 2.39. The first-order valence-electron chi connectivity index (χ1n) is 6.30. The molecule has 2 aromatic rings. The van der Waals surface area contributed by atoms with E-state index in [4.69, 9.17) is 11.6 Å². The Morgan fingerprint density at radius 1 is 1.16 bits per heavy atom. The Hall–Kier alpha value is -1.51. The van der Waals surface area contributed by atoms with Gasteiger partial charge in [-0.2, -0.15) is 0 Å². The maximum absolute atomic E-state index is 9.54. The van der Waals surface area contributed by atoms with E-state index in [1.165, 1.54) is 5.56 Å². The van der Waals surface area contributed by atoms with Crippen LogP contribution >= 0.6 is 11.6 Å². The van der Waals surface area contributed by atoms with Crippen LogP contribution in [-0.4, -0.2) is 12.2 Å². The van der Waals surface area contributed by atoms with Crippen molar-refractivity contribution in [3.8, 4) is 0 Å². The zero-order valence-electron chi connectivity index (χ0n) is 11.2. The Morgan fingerprint density at radius 2 is 1.84 bits per heavy atom. The highest BCUT2D eigenvalue weighted by Crippen LogP contribution is 2.29. The number of aliphatic hydroxyl groups is 1. The fourth-order valence-corrected chi connectivity index (χ4v) is 2.37. The summed E-state index contributed by atoms with van der Waals surface area (Å²) in [7, 11) is 2.01. The number of benzene rings is 2. The van der Waals surface area contributed by atoms with Crippen LogP contribution in [0.15, 0.2) is 48.5 Å². The summed E-state index contributed by atoms with van der Waals surface area (Å²) in [6, 6.07) is 15.9. The Bertz CT molecular complexity index is 540. The van der Waals surface area contributed by atoms with Gasteiger partial charge >= 0.3 is 0 Å². The van der Waals surface area contributed by atoms with Gasteiger partial charge in [-0.25, -0.2) is 0 Å². The lowest BCUT2D eigenvalue weighted by Gasteiger charge is -2.21. The number of rotatable bonds is 4. The minimum atomic E-state index is -0.494. The molecule has 0 bridgehead atoms. The number of nitrogens with zero attached hydrogens (tertiary/aromatic N) is 1. The van der Waals surface area contributed by atoms with Crippen LogP contribution in [0, 0.1) is 0 Å². The molecule has 0 amide bonds. The van der Waals surface area contributed by atoms with Gasteiger partial charge in [-0.05, 0) is 30.2 Å². The molecule has 0 fully saturated rings. The van der Waals surface area contributed by atoms with Gasteiger partial charge in [-0.15, -0.1) is 0 Å². The zero-order valence-corrected chi connectivity index (χ0v) is 11.9. The van der Waals surface area contributed by atoms with Gasteiger partial charge in [0.25, 0.3) is 0 Å². The predicted octanol–water partition coefficient (Wildman–Crippen LogP) is 4.03. The summed E-state index contributed by atoms with van der Waals surface area (Å²) < 4.78 is 0. The van der Waals surface area contributed by atoms with Gasteiger partial charge in [-0.3, -0.25) is 0 Å². The van der Waals surface area contributed by atoms with Crippen molar-refractivity contribution >= 4 is 17.3 Å². The molecular formula is C16H18ClNO. The predicted molar refractivity (Wildman–Crippen MR) is 80.6 cm³/mol. The van der Waals surface area contributed by atoms with Crippen molar-refractivity contribution in [1.82, 2.24) is 0 Å². The van der Waals surface area contributed by atoms with Crippen molar-refractivity contribution in [2.45, 2.75) is 19.6 Å². The zero-order chi connectivity index (χ0) is 13.8. The van der Waals surface area contributed by atoms with E-state index >= 15 is 0 Å². The molecule has 1 atom stereocenters. The SMILES string of the molecule is C[C@H](O)c1ccc(N(C)Cc2ccccc2)c(Cl)c1. The first-order chi connectivity index (χ1) is 9.08. The molecule has 1 N–H and O–H groups in total. The van der Waals surface area contributed by atoms with Gasteiger partial charge in [0.1, 0.15) is 0 Å². The van der Waals surface area contributed by atoms with Crippen LogP contribution in [0.1, 0.15) is 24.2 Å². The van der Waals surface area contributed by atoms with Crippen LogP contribution in [0.5, 0.6) is 0 Å². The van der Waals surface area contributed by atoms with Crippen molar-refractivity contribution in [2.24, 2.45) is 0 Å². The topological polar surface area (TPSA) is 23.5 Å². The summed E-state index contributed by atoms with van der Waals surface area (Å²) in [5.74, 6) is 0. The second kappa shape index (κ2) is 6.09. The van der Waals surface area contributed by atoms with Gasteiger partial charge in [-0.1, -0.05) is 48.0 Å². The van der Waals surface area contributed by atoms with Crippen LogP contribution < -0.4 is 4.90 Å². The normalized spacial score (nSPS) is 12.2. The maximum Gasteiger partial charge on any atom is 0.0762 e. The second-order valence-corrected chi connectivity index (χ2v) is 5.14. The molecule has 3 heteroatoms. The van der Waals surface area contributed by atoms with E-state index in [1.54, 1.807) is 6.92 Å². The number of hydrogen-bond donors (Lipinski definition) is 1. The minimum Gasteiger partial charge on any atom is -0.389 e. The van der Waals surface area contributed by atoms with Crippen LogP contribution in [0.3, 0.4) is 0 Å².